The predicted octanol–water partition coefficient (Wildman–Crippen LogP) is 1.16. The highest BCUT2D eigenvalue weighted by atomic mass is 16.3. The zero-order chi connectivity index (χ0) is 18.8. The van der Waals surface area contributed by atoms with Gasteiger partial charge in [-0.2, -0.15) is 5.26 Å². The first-order valence-corrected chi connectivity index (χ1v) is 9.08. The number of nitriles is 1. The monoisotopic (exact) mass is 357 g/mol. The molecule has 6 heteroatoms. The maximum atomic E-state index is 12.4. The normalized spacial score (nSPS) is 15.6. The van der Waals surface area contributed by atoms with Crippen LogP contribution in [0.2, 0.25) is 0 Å². The van der Waals surface area contributed by atoms with E-state index < -0.39 is 5.91 Å². The fourth-order valence-electron chi connectivity index (χ4n) is 3.27. The minimum Gasteiger partial charge on any atom is -0.395 e. The maximum absolute atomic E-state index is 12.4. The van der Waals surface area contributed by atoms with Crippen LogP contribution < -0.4 is 0 Å². The van der Waals surface area contributed by atoms with Gasteiger partial charge in [0.15, 0.2) is 0 Å². The van der Waals surface area contributed by atoms with E-state index in [-0.39, 0.29) is 31.9 Å². The van der Waals surface area contributed by atoms with Gasteiger partial charge >= 0.3 is 0 Å². The Bertz CT molecular complexity index is 625. The zero-order valence-electron chi connectivity index (χ0n) is 15.0. The molecule has 0 spiro atoms. The first-order valence-electron chi connectivity index (χ1n) is 9.08. The Balaban J connectivity index is 1.92. The molecule has 1 aliphatic heterocycles. The molecule has 1 fully saturated rings. The number of hydrogen-bond acceptors (Lipinski definition) is 5. The van der Waals surface area contributed by atoms with Gasteiger partial charge in [-0.05, 0) is 30.7 Å². The van der Waals surface area contributed by atoms with E-state index in [4.69, 9.17) is 10.2 Å². The van der Waals surface area contributed by atoms with Crippen molar-refractivity contribution in [3.05, 3.63) is 47.7 Å². The van der Waals surface area contributed by atoms with Gasteiger partial charge in [0.05, 0.1) is 13.2 Å². The molecule has 6 nitrogen and oxygen atoms in total. The number of nitrogens with zero attached hydrogens (tertiary/aromatic N) is 3. The van der Waals surface area contributed by atoms with Crippen LogP contribution in [0.1, 0.15) is 18.4 Å². The van der Waals surface area contributed by atoms with Crippen LogP contribution in [0, 0.1) is 17.2 Å². The van der Waals surface area contributed by atoms with Crippen molar-refractivity contribution in [1.29, 1.82) is 5.26 Å². The van der Waals surface area contributed by atoms with Gasteiger partial charge in [-0.15, -0.1) is 0 Å². The first-order chi connectivity index (χ1) is 12.7. The summed E-state index contributed by atoms with van der Waals surface area (Å²) in [6.07, 6.45) is 4.73. The lowest BCUT2D eigenvalue weighted by atomic mass is 9.90. The summed E-state index contributed by atoms with van der Waals surface area (Å²) in [6, 6.07) is 12.4. The van der Waals surface area contributed by atoms with E-state index in [0.717, 1.165) is 32.4 Å². The summed E-state index contributed by atoms with van der Waals surface area (Å²) in [7, 11) is 0. The largest absolute Gasteiger partial charge is 0.395 e. The molecule has 1 saturated heterocycles. The van der Waals surface area contributed by atoms with Crippen LogP contribution in [-0.2, 0) is 11.2 Å². The second-order valence-electron chi connectivity index (χ2n) is 6.56. The topological polar surface area (TPSA) is 87.8 Å². The number of piperidine rings is 1. The molecule has 140 valence electrons. The molecule has 1 aliphatic rings. The molecule has 0 aromatic heterocycles. The molecule has 26 heavy (non-hydrogen) atoms. The number of amides is 1. The molecule has 1 aromatic carbocycles. The van der Waals surface area contributed by atoms with Crippen LogP contribution in [0.15, 0.2) is 42.1 Å². The number of benzene rings is 1. The van der Waals surface area contributed by atoms with E-state index in [9.17, 15) is 10.1 Å². The number of aliphatic hydroxyl groups excluding tert-OH is 2. The molecular formula is C20H27N3O3. The summed E-state index contributed by atoms with van der Waals surface area (Å²) < 4.78 is 0. The quantitative estimate of drug-likeness (QED) is 0.538. The highest BCUT2D eigenvalue weighted by molar-refractivity contribution is 5.97. The predicted molar refractivity (Wildman–Crippen MR) is 98.9 cm³/mol. The smallest absolute Gasteiger partial charge is 0.266 e. The van der Waals surface area contributed by atoms with Crippen molar-refractivity contribution in [3.63, 3.8) is 0 Å². The number of rotatable bonds is 8. The Morgan fingerprint density at radius 1 is 1.19 bits per heavy atom. The van der Waals surface area contributed by atoms with E-state index >= 15 is 0 Å². The third-order valence-corrected chi connectivity index (χ3v) is 4.71. The Morgan fingerprint density at radius 2 is 1.81 bits per heavy atom. The molecule has 2 N–H and O–H groups in total. The summed E-state index contributed by atoms with van der Waals surface area (Å²) in [5.74, 6) is 0.172. The van der Waals surface area contributed by atoms with E-state index in [1.807, 2.05) is 17.0 Å². The van der Waals surface area contributed by atoms with Crippen molar-refractivity contribution in [3.8, 4) is 6.07 Å². The highest BCUT2D eigenvalue weighted by Gasteiger charge is 2.21. The highest BCUT2D eigenvalue weighted by Crippen LogP contribution is 2.22. The van der Waals surface area contributed by atoms with Crippen molar-refractivity contribution < 1.29 is 15.0 Å². The maximum Gasteiger partial charge on any atom is 0.266 e. The van der Waals surface area contributed by atoms with Crippen LogP contribution in [0.25, 0.3) is 0 Å². The fraction of sp³-hybridized carbons (Fsp3) is 0.500. The summed E-state index contributed by atoms with van der Waals surface area (Å²) in [5, 5.41) is 27.4. The summed E-state index contributed by atoms with van der Waals surface area (Å²) in [4.78, 5) is 15.7. The number of carbonyl (C=O) groups excluding carboxylic acids is 1. The van der Waals surface area contributed by atoms with Crippen molar-refractivity contribution in [1.82, 2.24) is 9.80 Å². The Morgan fingerprint density at radius 3 is 2.35 bits per heavy atom. The van der Waals surface area contributed by atoms with Crippen LogP contribution in [-0.4, -0.2) is 65.3 Å². The van der Waals surface area contributed by atoms with Gasteiger partial charge in [-0.25, -0.2) is 0 Å². The van der Waals surface area contributed by atoms with Crippen LogP contribution in [0.4, 0.5) is 0 Å². The minimum atomic E-state index is -0.443. The van der Waals surface area contributed by atoms with E-state index in [0.29, 0.717) is 5.92 Å². The van der Waals surface area contributed by atoms with Gasteiger partial charge in [0.1, 0.15) is 11.6 Å². The third-order valence-electron chi connectivity index (χ3n) is 4.71. The molecule has 0 bridgehead atoms. The SMILES string of the molecule is N#C/C(=C/N1CCC(Cc2ccccc2)CC1)C(=O)N(CCO)CCO. The van der Waals surface area contributed by atoms with Gasteiger partial charge in [-0.3, -0.25) is 4.79 Å². The van der Waals surface area contributed by atoms with Gasteiger partial charge in [0, 0.05) is 32.4 Å². The van der Waals surface area contributed by atoms with E-state index in [1.54, 1.807) is 6.20 Å². The van der Waals surface area contributed by atoms with Gasteiger partial charge in [0.25, 0.3) is 5.91 Å². The minimum absolute atomic E-state index is 0.0495. The van der Waals surface area contributed by atoms with Gasteiger partial charge in [0.2, 0.25) is 0 Å². The molecule has 1 heterocycles. The lowest BCUT2D eigenvalue weighted by molar-refractivity contribution is -0.127. The number of hydrogen-bond donors (Lipinski definition) is 2. The zero-order valence-corrected chi connectivity index (χ0v) is 15.0. The van der Waals surface area contributed by atoms with E-state index in [1.165, 1.54) is 10.5 Å². The fourth-order valence-corrected chi connectivity index (χ4v) is 3.27. The lowest BCUT2D eigenvalue weighted by Gasteiger charge is -2.31. The van der Waals surface area contributed by atoms with Crippen molar-refractivity contribution in [2.45, 2.75) is 19.3 Å². The third kappa shape index (κ3) is 5.87. The number of likely N-dealkylation sites (tertiary alicyclic amines) is 1. The molecule has 1 aromatic rings. The molecule has 2 rings (SSSR count). The average Bonchev–Trinajstić information content (AvgIpc) is 2.67. The van der Waals surface area contributed by atoms with E-state index in [2.05, 4.69) is 24.3 Å². The Hall–Kier alpha value is -2.36. The number of carbonyl (C=O) groups is 1. The summed E-state index contributed by atoms with van der Waals surface area (Å²) in [6.45, 7) is 1.45. The summed E-state index contributed by atoms with van der Waals surface area (Å²) >= 11 is 0. The van der Waals surface area contributed by atoms with Gasteiger partial charge in [-0.1, -0.05) is 30.3 Å². The Kier molecular flexibility index (Phi) is 8.13. The summed E-state index contributed by atoms with van der Waals surface area (Å²) in [5.41, 5.74) is 1.39. The molecule has 1 amide bonds. The molecule has 0 radical (unpaired) electrons. The van der Waals surface area contributed by atoms with Crippen LogP contribution >= 0.6 is 0 Å². The molecule has 0 aliphatic carbocycles. The number of aliphatic hydroxyl groups is 2. The second kappa shape index (κ2) is 10.6. The van der Waals surface area contributed by atoms with Crippen LogP contribution in [0.3, 0.4) is 0 Å². The lowest BCUT2D eigenvalue weighted by Crippen LogP contribution is -2.38. The van der Waals surface area contributed by atoms with Crippen molar-refractivity contribution >= 4 is 5.91 Å². The second-order valence-corrected chi connectivity index (χ2v) is 6.56. The van der Waals surface area contributed by atoms with Crippen molar-refractivity contribution in [2.75, 3.05) is 39.4 Å². The standard InChI is InChI=1S/C20H27N3O3/c21-15-19(20(26)23(10-12-24)11-13-25)16-22-8-6-18(7-9-22)14-17-4-2-1-3-5-17/h1-5,16,18,24-25H,6-14H2/b19-16-. The first kappa shape index (κ1) is 20.0. The Labute approximate surface area is 155 Å². The van der Waals surface area contributed by atoms with Gasteiger partial charge < -0.3 is 20.0 Å². The molecule has 0 unspecified atom stereocenters. The average molecular weight is 357 g/mol. The van der Waals surface area contributed by atoms with Crippen LogP contribution in [0.5, 0.6) is 0 Å². The molecule has 0 atom stereocenters. The molecule has 0 saturated carbocycles. The molecular weight excluding hydrogens is 330 g/mol. The van der Waals surface area contributed by atoms with Crippen molar-refractivity contribution in [2.24, 2.45) is 5.92 Å².